The molecule has 4 nitrogen and oxygen atoms in total. The minimum Gasteiger partial charge on any atom is -0.293 e. The number of hydrogen-bond acceptors (Lipinski definition) is 4. The van der Waals surface area contributed by atoms with Crippen LogP contribution < -0.4 is 0 Å². The van der Waals surface area contributed by atoms with Crippen LogP contribution in [0.2, 0.25) is 0 Å². The lowest BCUT2D eigenvalue weighted by Crippen LogP contribution is -2.33. The molecule has 0 unspecified atom stereocenters. The van der Waals surface area contributed by atoms with E-state index in [0.717, 1.165) is 18.8 Å². The number of likely N-dealkylation sites (tertiary alicyclic amines) is 1. The molecule has 1 saturated heterocycles. The van der Waals surface area contributed by atoms with Crippen molar-refractivity contribution in [2.75, 3.05) is 6.54 Å². The summed E-state index contributed by atoms with van der Waals surface area (Å²) in [7, 11) is 0. The van der Waals surface area contributed by atoms with Crippen LogP contribution in [0.15, 0.2) is 17.0 Å². The molecule has 2 aromatic heterocycles. The molecular formula is C14H20N4S. The first kappa shape index (κ1) is 12.8. The third-order valence-corrected chi connectivity index (χ3v) is 4.47. The molecule has 1 fully saturated rings. The summed E-state index contributed by atoms with van der Waals surface area (Å²) in [6.45, 7) is 7.36. The van der Waals surface area contributed by atoms with Crippen molar-refractivity contribution >= 4 is 11.3 Å². The predicted octanol–water partition coefficient (Wildman–Crippen LogP) is 2.62. The van der Waals surface area contributed by atoms with Crippen LogP contribution in [0.4, 0.5) is 0 Å². The molecule has 1 aliphatic heterocycles. The molecule has 0 radical (unpaired) electrons. The summed E-state index contributed by atoms with van der Waals surface area (Å²) >= 11 is 1.68. The third kappa shape index (κ3) is 2.87. The van der Waals surface area contributed by atoms with Crippen LogP contribution in [-0.4, -0.2) is 32.3 Å². The second-order valence-electron chi connectivity index (χ2n) is 5.36. The molecule has 3 rings (SSSR count). The third-order valence-electron chi connectivity index (χ3n) is 3.83. The van der Waals surface area contributed by atoms with E-state index < -0.39 is 0 Å². The van der Waals surface area contributed by atoms with Crippen LogP contribution >= 0.6 is 11.3 Å². The van der Waals surface area contributed by atoms with Crippen molar-refractivity contribution in [3.8, 4) is 0 Å². The molecule has 0 bridgehead atoms. The Morgan fingerprint density at radius 3 is 3.00 bits per heavy atom. The van der Waals surface area contributed by atoms with Crippen LogP contribution in [0.5, 0.6) is 0 Å². The minimum absolute atomic E-state index is 0.597. The van der Waals surface area contributed by atoms with Gasteiger partial charge in [-0.25, -0.2) is 4.98 Å². The largest absolute Gasteiger partial charge is 0.293 e. The summed E-state index contributed by atoms with van der Waals surface area (Å²) in [4.78, 5) is 6.94. The van der Waals surface area contributed by atoms with E-state index in [4.69, 9.17) is 0 Å². The fraction of sp³-hybridized carbons (Fsp3) is 0.571. The van der Waals surface area contributed by atoms with Crippen molar-refractivity contribution in [3.05, 3.63) is 34.0 Å². The minimum atomic E-state index is 0.597. The maximum atomic E-state index is 4.58. The van der Waals surface area contributed by atoms with Crippen molar-refractivity contribution in [1.29, 1.82) is 0 Å². The Morgan fingerprint density at radius 2 is 2.32 bits per heavy atom. The lowest BCUT2D eigenvalue weighted by atomic mass is 10.2. The molecule has 1 atom stereocenters. The number of thiazole rings is 1. The fourth-order valence-electron chi connectivity index (χ4n) is 2.89. The lowest BCUT2D eigenvalue weighted by molar-refractivity contribution is 0.216. The summed E-state index contributed by atoms with van der Waals surface area (Å²) in [6.07, 6.45) is 2.55. The smallest absolute Gasteiger partial charge is 0.0795 e. The van der Waals surface area contributed by atoms with Gasteiger partial charge in [0.2, 0.25) is 0 Å². The van der Waals surface area contributed by atoms with Crippen LogP contribution in [0.25, 0.3) is 0 Å². The summed E-state index contributed by atoms with van der Waals surface area (Å²) < 4.78 is 2.15. The highest BCUT2D eigenvalue weighted by atomic mass is 32.1. The van der Waals surface area contributed by atoms with E-state index in [0.29, 0.717) is 6.04 Å². The predicted molar refractivity (Wildman–Crippen MR) is 77.2 cm³/mol. The van der Waals surface area contributed by atoms with E-state index >= 15 is 0 Å². The standard InChI is InChI=1S/C14H20N4S/c1-11-6-12(2)18(16-11)8-14-4-3-5-17(14)7-13-9-19-10-15-13/h6,9-10,14H,3-5,7-8H2,1-2H3/t14-/m1/s1. The Kier molecular flexibility index (Phi) is 3.66. The maximum Gasteiger partial charge on any atom is 0.0795 e. The molecule has 0 spiro atoms. The fourth-order valence-corrected chi connectivity index (χ4v) is 3.44. The number of aromatic nitrogens is 3. The monoisotopic (exact) mass is 276 g/mol. The van der Waals surface area contributed by atoms with Crippen molar-refractivity contribution in [3.63, 3.8) is 0 Å². The Bertz CT molecular complexity index is 532. The zero-order valence-electron chi connectivity index (χ0n) is 11.5. The van der Waals surface area contributed by atoms with E-state index in [-0.39, 0.29) is 0 Å². The first-order valence-electron chi connectivity index (χ1n) is 6.84. The number of aryl methyl sites for hydroxylation is 2. The summed E-state index contributed by atoms with van der Waals surface area (Å²) in [5, 5.41) is 6.73. The molecule has 1 aliphatic rings. The highest BCUT2D eigenvalue weighted by molar-refractivity contribution is 7.07. The molecule has 0 amide bonds. The summed E-state index contributed by atoms with van der Waals surface area (Å²) in [6, 6.07) is 2.75. The first-order chi connectivity index (χ1) is 9.22. The van der Waals surface area contributed by atoms with Gasteiger partial charge in [-0.1, -0.05) is 0 Å². The average molecular weight is 276 g/mol. The molecule has 5 heteroatoms. The molecule has 0 aliphatic carbocycles. The van der Waals surface area contributed by atoms with Gasteiger partial charge < -0.3 is 0 Å². The van der Waals surface area contributed by atoms with Crippen LogP contribution in [0, 0.1) is 13.8 Å². The van der Waals surface area contributed by atoms with Crippen LogP contribution in [-0.2, 0) is 13.1 Å². The quantitative estimate of drug-likeness (QED) is 0.861. The molecule has 19 heavy (non-hydrogen) atoms. The SMILES string of the molecule is Cc1cc(C)n(C[C@H]2CCCN2Cc2cscn2)n1. The van der Waals surface area contributed by atoms with Gasteiger partial charge in [0.15, 0.2) is 0 Å². The number of rotatable bonds is 4. The maximum absolute atomic E-state index is 4.58. The topological polar surface area (TPSA) is 34.0 Å². The molecule has 102 valence electrons. The lowest BCUT2D eigenvalue weighted by Gasteiger charge is -2.24. The van der Waals surface area contributed by atoms with E-state index in [1.165, 1.54) is 30.8 Å². The van der Waals surface area contributed by atoms with Gasteiger partial charge in [0.25, 0.3) is 0 Å². The van der Waals surface area contributed by atoms with Crippen molar-refractivity contribution < 1.29 is 0 Å². The van der Waals surface area contributed by atoms with E-state index in [1.807, 2.05) is 5.51 Å². The highest BCUT2D eigenvalue weighted by Gasteiger charge is 2.25. The van der Waals surface area contributed by atoms with Crippen LogP contribution in [0.1, 0.15) is 29.9 Å². The molecule has 0 saturated carbocycles. The van der Waals surface area contributed by atoms with Crippen LogP contribution in [0.3, 0.4) is 0 Å². The Labute approximate surface area is 118 Å². The number of hydrogen-bond donors (Lipinski definition) is 0. The van der Waals surface area contributed by atoms with Gasteiger partial charge in [-0.2, -0.15) is 5.10 Å². The van der Waals surface area contributed by atoms with E-state index in [9.17, 15) is 0 Å². The average Bonchev–Trinajstić information content (AvgIpc) is 3.06. The molecule has 2 aromatic rings. The Balaban J connectivity index is 1.68. The van der Waals surface area contributed by atoms with Gasteiger partial charge >= 0.3 is 0 Å². The zero-order valence-corrected chi connectivity index (χ0v) is 12.4. The van der Waals surface area contributed by atoms with Crippen molar-refractivity contribution in [2.45, 2.75) is 45.8 Å². The van der Waals surface area contributed by atoms with Gasteiger partial charge in [0, 0.05) is 23.7 Å². The normalized spacial score (nSPS) is 20.2. The summed E-state index contributed by atoms with van der Waals surface area (Å²) in [5.41, 5.74) is 5.49. The second kappa shape index (κ2) is 5.43. The van der Waals surface area contributed by atoms with Gasteiger partial charge in [0.05, 0.1) is 23.4 Å². The second-order valence-corrected chi connectivity index (χ2v) is 6.07. The summed E-state index contributed by atoms with van der Waals surface area (Å²) in [5.74, 6) is 0. The zero-order chi connectivity index (χ0) is 13.2. The van der Waals surface area contributed by atoms with Crippen molar-refractivity contribution in [2.24, 2.45) is 0 Å². The molecular weight excluding hydrogens is 256 g/mol. The van der Waals surface area contributed by atoms with Gasteiger partial charge in [-0.3, -0.25) is 9.58 Å². The van der Waals surface area contributed by atoms with Gasteiger partial charge in [-0.05, 0) is 39.3 Å². The highest BCUT2D eigenvalue weighted by Crippen LogP contribution is 2.22. The molecule has 0 aromatic carbocycles. The first-order valence-corrected chi connectivity index (χ1v) is 7.79. The van der Waals surface area contributed by atoms with Crippen molar-refractivity contribution in [1.82, 2.24) is 19.7 Å². The Morgan fingerprint density at radius 1 is 1.42 bits per heavy atom. The van der Waals surface area contributed by atoms with Gasteiger partial charge in [-0.15, -0.1) is 11.3 Å². The Hall–Kier alpha value is -1.20. The molecule has 0 N–H and O–H groups in total. The van der Waals surface area contributed by atoms with E-state index in [2.05, 4.69) is 45.0 Å². The number of nitrogens with zero attached hydrogens (tertiary/aromatic N) is 4. The molecule has 3 heterocycles. The van der Waals surface area contributed by atoms with E-state index in [1.54, 1.807) is 11.3 Å². The van der Waals surface area contributed by atoms with Gasteiger partial charge in [0.1, 0.15) is 0 Å².